The molecule has 10 heteroatoms. The molecule has 0 saturated heterocycles. The van der Waals surface area contributed by atoms with Crippen molar-refractivity contribution in [2.75, 3.05) is 0 Å². The van der Waals surface area contributed by atoms with Gasteiger partial charge in [0.15, 0.2) is 0 Å². The molecule has 3 aromatic carbocycles. The summed E-state index contributed by atoms with van der Waals surface area (Å²) >= 11 is 0. The largest absolute Gasteiger partial charge is 0.478 e. The molecule has 0 fully saturated rings. The molecule has 0 aliphatic carbocycles. The summed E-state index contributed by atoms with van der Waals surface area (Å²) in [6.45, 7) is 0. The van der Waals surface area contributed by atoms with Crippen LogP contribution < -0.4 is 0 Å². The zero-order valence-electron chi connectivity index (χ0n) is 18.2. The molecule has 0 amide bonds. The zero-order valence-corrected chi connectivity index (χ0v) is 18.2. The minimum absolute atomic E-state index is 0.145. The van der Waals surface area contributed by atoms with Crippen molar-refractivity contribution in [2.45, 2.75) is 0 Å². The molecule has 0 bridgehead atoms. The molecule has 0 unspecified atom stereocenters. The van der Waals surface area contributed by atoms with Gasteiger partial charge in [-0.2, -0.15) is 0 Å². The first-order chi connectivity index (χ1) is 17.1. The Kier molecular flexibility index (Phi) is 6.25. The number of carboxylic acid groups (broad SMARTS) is 4. The second-order valence-corrected chi connectivity index (χ2v) is 7.68. The molecule has 1 aromatic heterocycles. The van der Waals surface area contributed by atoms with E-state index < -0.39 is 23.9 Å². The van der Waals surface area contributed by atoms with Crippen molar-refractivity contribution in [1.29, 1.82) is 0 Å². The van der Waals surface area contributed by atoms with Crippen LogP contribution in [0.2, 0.25) is 0 Å². The van der Waals surface area contributed by atoms with E-state index in [1.807, 2.05) is 0 Å². The van der Waals surface area contributed by atoms with Gasteiger partial charge in [0.2, 0.25) is 0 Å². The fourth-order valence-electron chi connectivity index (χ4n) is 3.52. The lowest BCUT2D eigenvalue weighted by Gasteiger charge is -2.08. The minimum Gasteiger partial charge on any atom is -0.478 e. The van der Waals surface area contributed by atoms with Crippen LogP contribution in [-0.2, 0) is 0 Å². The van der Waals surface area contributed by atoms with Gasteiger partial charge in [0.1, 0.15) is 0 Å². The lowest BCUT2D eigenvalue weighted by atomic mass is 9.98. The second-order valence-electron chi connectivity index (χ2n) is 7.68. The number of benzene rings is 3. The predicted octanol–water partition coefficient (Wildman–Crippen LogP) is 4.27. The molecule has 4 rings (SSSR count). The van der Waals surface area contributed by atoms with E-state index in [1.165, 1.54) is 36.7 Å². The lowest BCUT2D eigenvalue weighted by molar-refractivity contribution is 0.0676. The number of carbonyl (C=O) groups is 4. The molecular formula is C26H16N2O8. The van der Waals surface area contributed by atoms with Crippen molar-refractivity contribution in [3.8, 4) is 33.6 Å². The Morgan fingerprint density at radius 3 is 1.14 bits per heavy atom. The van der Waals surface area contributed by atoms with E-state index in [2.05, 4.69) is 9.97 Å². The summed E-state index contributed by atoms with van der Waals surface area (Å²) in [6, 6.07) is 14.3. The summed E-state index contributed by atoms with van der Waals surface area (Å²) in [4.78, 5) is 54.1. The van der Waals surface area contributed by atoms with Crippen LogP contribution in [0.1, 0.15) is 41.4 Å². The molecular weight excluding hydrogens is 468 g/mol. The lowest BCUT2D eigenvalue weighted by Crippen LogP contribution is -2.03. The summed E-state index contributed by atoms with van der Waals surface area (Å²) in [6.07, 6.45) is 2.84. The maximum Gasteiger partial charge on any atom is 0.335 e. The minimum atomic E-state index is -1.27. The number of hydrogen-bond acceptors (Lipinski definition) is 6. The number of aromatic nitrogens is 2. The molecule has 36 heavy (non-hydrogen) atoms. The van der Waals surface area contributed by atoms with Gasteiger partial charge in [-0.1, -0.05) is 24.3 Å². The van der Waals surface area contributed by atoms with Crippen LogP contribution in [0, 0.1) is 0 Å². The molecule has 178 valence electrons. The Labute approximate surface area is 202 Å². The molecule has 0 aliphatic heterocycles. The van der Waals surface area contributed by atoms with Crippen LogP contribution in [0.4, 0.5) is 0 Å². The standard InChI is InChI=1S/C26H16N2O8/c29-23(30)17-5-15(6-18(9-17)24(31)32)13-1-3-14(4-2-13)21-11-28-22(12-27-21)16-7-19(25(33)34)10-20(8-16)26(35)36/h1-12H,(H,29,30)(H,31,32)(H,33,34)(H,35,36). The Morgan fingerprint density at radius 2 is 0.778 bits per heavy atom. The normalized spacial score (nSPS) is 10.6. The third-order valence-corrected chi connectivity index (χ3v) is 5.32. The van der Waals surface area contributed by atoms with E-state index in [-0.39, 0.29) is 33.5 Å². The Balaban J connectivity index is 1.64. The van der Waals surface area contributed by atoms with Crippen molar-refractivity contribution in [3.05, 3.63) is 95.3 Å². The number of nitrogens with zero attached hydrogens (tertiary/aromatic N) is 2. The smallest absolute Gasteiger partial charge is 0.335 e. The van der Waals surface area contributed by atoms with Crippen molar-refractivity contribution in [3.63, 3.8) is 0 Å². The van der Waals surface area contributed by atoms with Gasteiger partial charge in [0.25, 0.3) is 0 Å². The first kappa shape index (κ1) is 23.8. The van der Waals surface area contributed by atoms with Crippen molar-refractivity contribution in [1.82, 2.24) is 9.97 Å². The van der Waals surface area contributed by atoms with Crippen LogP contribution in [0.15, 0.2) is 73.1 Å². The highest BCUT2D eigenvalue weighted by molar-refractivity contribution is 5.97. The fraction of sp³-hybridized carbons (Fsp3) is 0. The zero-order chi connectivity index (χ0) is 26.0. The SMILES string of the molecule is O=C(O)c1cc(C(=O)O)cc(-c2ccc(-c3cnc(-c4cc(C(=O)O)cc(C(=O)O)c4)cn3)cc2)c1. The van der Waals surface area contributed by atoms with Crippen LogP contribution in [0.3, 0.4) is 0 Å². The summed E-state index contributed by atoms with van der Waals surface area (Å²) in [5.74, 6) is -5.02. The van der Waals surface area contributed by atoms with E-state index in [9.17, 15) is 39.6 Å². The van der Waals surface area contributed by atoms with E-state index >= 15 is 0 Å². The average Bonchev–Trinajstić information content (AvgIpc) is 2.88. The summed E-state index contributed by atoms with van der Waals surface area (Å²) in [7, 11) is 0. The van der Waals surface area contributed by atoms with Gasteiger partial charge in [-0.15, -0.1) is 0 Å². The molecule has 0 aliphatic rings. The molecule has 4 aromatic rings. The van der Waals surface area contributed by atoms with E-state index in [0.29, 0.717) is 22.4 Å². The Bertz CT molecular complexity index is 1350. The maximum absolute atomic E-state index is 11.4. The fourth-order valence-corrected chi connectivity index (χ4v) is 3.52. The van der Waals surface area contributed by atoms with Crippen molar-refractivity contribution >= 4 is 23.9 Å². The highest BCUT2D eigenvalue weighted by Gasteiger charge is 2.15. The third-order valence-electron chi connectivity index (χ3n) is 5.32. The molecule has 0 saturated carbocycles. The monoisotopic (exact) mass is 484 g/mol. The van der Waals surface area contributed by atoms with E-state index in [0.717, 1.165) is 12.1 Å². The topological polar surface area (TPSA) is 175 Å². The molecule has 10 nitrogen and oxygen atoms in total. The van der Waals surface area contributed by atoms with Crippen LogP contribution in [0.5, 0.6) is 0 Å². The summed E-state index contributed by atoms with van der Waals surface area (Å²) in [5, 5.41) is 37.1. The number of rotatable bonds is 7. The quantitative estimate of drug-likeness (QED) is 0.296. The third kappa shape index (κ3) is 4.92. The molecule has 0 spiro atoms. The van der Waals surface area contributed by atoms with Crippen LogP contribution in [-0.4, -0.2) is 54.3 Å². The Morgan fingerprint density at radius 1 is 0.444 bits per heavy atom. The maximum atomic E-state index is 11.4. The van der Waals surface area contributed by atoms with Gasteiger partial charge in [-0.25, -0.2) is 19.2 Å². The van der Waals surface area contributed by atoms with Crippen molar-refractivity contribution in [2.24, 2.45) is 0 Å². The van der Waals surface area contributed by atoms with Gasteiger partial charge >= 0.3 is 23.9 Å². The predicted molar refractivity (Wildman–Crippen MR) is 126 cm³/mol. The van der Waals surface area contributed by atoms with Gasteiger partial charge in [-0.3, -0.25) is 9.97 Å². The molecule has 4 N–H and O–H groups in total. The molecule has 0 radical (unpaired) electrons. The number of aromatic carboxylic acids is 4. The first-order valence-electron chi connectivity index (χ1n) is 10.3. The highest BCUT2D eigenvalue weighted by Crippen LogP contribution is 2.27. The van der Waals surface area contributed by atoms with Gasteiger partial charge in [0, 0.05) is 11.1 Å². The van der Waals surface area contributed by atoms with Crippen molar-refractivity contribution < 1.29 is 39.6 Å². The molecule has 1 heterocycles. The number of carboxylic acids is 4. The van der Waals surface area contributed by atoms with Crippen LogP contribution in [0.25, 0.3) is 33.6 Å². The van der Waals surface area contributed by atoms with Crippen LogP contribution >= 0.6 is 0 Å². The second kappa shape index (κ2) is 9.47. The molecule has 0 atom stereocenters. The Hall–Kier alpha value is -5.38. The van der Waals surface area contributed by atoms with Gasteiger partial charge in [0.05, 0.1) is 46.0 Å². The first-order valence-corrected chi connectivity index (χ1v) is 10.3. The van der Waals surface area contributed by atoms with Gasteiger partial charge in [-0.05, 0) is 47.5 Å². The van der Waals surface area contributed by atoms with E-state index in [4.69, 9.17) is 0 Å². The highest BCUT2D eigenvalue weighted by atomic mass is 16.4. The summed E-state index contributed by atoms with van der Waals surface area (Å²) in [5.41, 5.74) is 2.06. The number of hydrogen-bond donors (Lipinski definition) is 4. The average molecular weight is 484 g/mol. The summed E-state index contributed by atoms with van der Waals surface area (Å²) < 4.78 is 0. The van der Waals surface area contributed by atoms with E-state index in [1.54, 1.807) is 24.3 Å². The van der Waals surface area contributed by atoms with Gasteiger partial charge < -0.3 is 20.4 Å².